The van der Waals surface area contributed by atoms with E-state index in [4.69, 9.17) is 4.74 Å². The van der Waals surface area contributed by atoms with E-state index in [9.17, 15) is 19.5 Å². The lowest BCUT2D eigenvalue weighted by Crippen LogP contribution is -2.56. The first-order valence-electron chi connectivity index (χ1n) is 12.2. The molecule has 0 radical (unpaired) electrons. The van der Waals surface area contributed by atoms with E-state index in [2.05, 4.69) is 4.98 Å². The van der Waals surface area contributed by atoms with Gasteiger partial charge < -0.3 is 14.7 Å². The first-order valence-corrected chi connectivity index (χ1v) is 13.0. The lowest BCUT2D eigenvalue weighted by Gasteiger charge is -2.56. The molecule has 2 atom stereocenters. The Hall–Kier alpha value is -2.00. The Morgan fingerprint density at radius 2 is 1.82 bits per heavy atom. The zero-order valence-electron chi connectivity index (χ0n) is 19.4. The van der Waals surface area contributed by atoms with Crippen molar-refractivity contribution in [3.63, 3.8) is 0 Å². The molecule has 1 aliphatic heterocycles. The molecule has 2 amide bonds. The number of hydrogen-bond donors (Lipinski definition) is 1. The highest BCUT2D eigenvalue weighted by atomic mass is 32.1. The molecule has 1 aromatic heterocycles. The minimum atomic E-state index is -0.747. The lowest BCUT2D eigenvalue weighted by molar-refractivity contribution is -0.166. The highest BCUT2D eigenvalue weighted by Gasteiger charge is 2.57. The SMILES string of the molecule is CCN(C(C)=O)c1nc(COC(=O)[C@@H]2CC(O)CN2C(=O)C23CC4CC(CC(C4)C2)C3)cs1. The van der Waals surface area contributed by atoms with Crippen molar-refractivity contribution in [1.82, 2.24) is 9.88 Å². The summed E-state index contributed by atoms with van der Waals surface area (Å²) in [6.07, 6.45) is 6.03. The van der Waals surface area contributed by atoms with Crippen LogP contribution in [0.3, 0.4) is 0 Å². The quantitative estimate of drug-likeness (QED) is 0.635. The van der Waals surface area contributed by atoms with E-state index in [0.29, 0.717) is 35.1 Å². The molecule has 1 aromatic rings. The maximum Gasteiger partial charge on any atom is 0.329 e. The third-order valence-corrected chi connectivity index (χ3v) is 9.05. The van der Waals surface area contributed by atoms with Crippen LogP contribution in [0.1, 0.15) is 64.5 Å². The molecule has 33 heavy (non-hydrogen) atoms. The van der Waals surface area contributed by atoms with Gasteiger partial charge in [0.15, 0.2) is 5.13 Å². The molecule has 1 N–H and O–H groups in total. The second-order valence-corrected chi connectivity index (χ2v) is 11.4. The van der Waals surface area contributed by atoms with E-state index in [-0.39, 0.29) is 36.8 Å². The van der Waals surface area contributed by atoms with E-state index in [1.54, 1.807) is 15.2 Å². The molecular weight excluding hydrogens is 442 g/mol. The van der Waals surface area contributed by atoms with Crippen LogP contribution in [0.25, 0.3) is 0 Å². The summed E-state index contributed by atoms with van der Waals surface area (Å²) < 4.78 is 5.54. The zero-order chi connectivity index (χ0) is 23.3. The monoisotopic (exact) mass is 475 g/mol. The average molecular weight is 476 g/mol. The number of anilines is 1. The van der Waals surface area contributed by atoms with Crippen LogP contribution in [0.15, 0.2) is 5.38 Å². The summed E-state index contributed by atoms with van der Waals surface area (Å²) in [6, 6.07) is -0.747. The molecule has 1 saturated heterocycles. The predicted molar refractivity (Wildman–Crippen MR) is 122 cm³/mol. The molecule has 9 heteroatoms. The van der Waals surface area contributed by atoms with Crippen molar-refractivity contribution >= 4 is 34.3 Å². The summed E-state index contributed by atoms with van der Waals surface area (Å²) in [6.45, 7) is 4.07. The van der Waals surface area contributed by atoms with Crippen molar-refractivity contribution in [2.75, 3.05) is 18.0 Å². The summed E-state index contributed by atoms with van der Waals surface area (Å²) in [7, 11) is 0. The molecule has 5 fully saturated rings. The van der Waals surface area contributed by atoms with Gasteiger partial charge in [0, 0.05) is 31.8 Å². The normalized spacial score (nSPS) is 34.5. The second kappa shape index (κ2) is 8.65. The molecule has 4 bridgehead atoms. The van der Waals surface area contributed by atoms with Crippen LogP contribution in [0.5, 0.6) is 0 Å². The number of rotatable bonds is 6. The Bertz CT molecular complexity index is 911. The summed E-state index contributed by atoms with van der Waals surface area (Å²) in [5, 5.41) is 12.7. The Labute approximate surface area is 198 Å². The first kappa shape index (κ1) is 22.8. The number of likely N-dealkylation sites (tertiary alicyclic amines) is 1. The smallest absolute Gasteiger partial charge is 0.329 e. The summed E-state index contributed by atoms with van der Waals surface area (Å²) >= 11 is 1.33. The molecule has 1 unspecified atom stereocenters. The maximum atomic E-state index is 13.8. The van der Waals surface area contributed by atoms with Crippen molar-refractivity contribution in [2.24, 2.45) is 23.2 Å². The summed E-state index contributed by atoms with van der Waals surface area (Å²) in [5.74, 6) is 1.38. The highest BCUT2D eigenvalue weighted by molar-refractivity contribution is 7.14. The van der Waals surface area contributed by atoms with Crippen LogP contribution >= 0.6 is 11.3 Å². The van der Waals surface area contributed by atoms with Crippen LogP contribution in [-0.2, 0) is 25.7 Å². The number of β-amino-alcohol motifs (C(OH)–C–C–N with tert-alkyl or cyclic N) is 1. The van der Waals surface area contributed by atoms with Crippen LogP contribution in [0, 0.1) is 23.2 Å². The fourth-order valence-corrected chi connectivity index (χ4v) is 8.08. The van der Waals surface area contributed by atoms with E-state index in [0.717, 1.165) is 19.3 Å². The number of aromatic nitrogens is 1. The number of carbonyl (C=O) groups excluding carboxylic acids is 3. The Kier molecular flexibility index (Phi) is 5.97. The zero-order valence-corrected chi connectivity index (χ0v) is 20.2. The number of aliphatic hydroxyl groups is 1. The summed E-state index contributed by atoms with van der Waals surface area (Å²) in [4.78, 5) is 46.1. The van der Waals surface area contributed by atoms with Gasteiger partial charge in [0.25, 0.3) is 0 Å². The van der Waals surface area contributed by atoms with Gasteiger partial charge in [0.1, 0.15) is 12.6 Å². The van der Waals surface area contributed by atoms with Crippen LogP contribution in [-0.4, -0.2) is 58.0 Å². The average Bonchev–Trinajstić information content (AvgIpc) is 3.37. The van der Waals surface area contributed by atoms with Gasteiger partial charge >= 0.3 is 5.97 Å². The topological polar surface area (TPSA) is 100 Å². The second-order valence-electron chi connectivity index (χ2n) is 10.6. The molecule has 4 aliphatic carbocycles. The number of amides is 2. The minimum absolute atomic E-state index is 0.0171. The fourth-order valence-electron chi connectivity index (χ4n) is 7.16. The van der Waals surface area contributed by atoms with Crippen molar-refractivity contribution in [2.45, 2.75) is 77.5 Å². The van der Waals surface area contributed by atoms with E-state index < -0.39 is 18.1 Å². The van der Waals surface area contributed by atoms with E-state index in [1.807, 2.05) is 6.92 Å². The Morgan fingerprint density at radius 1 is 1.18 bits per heavy atom. The van der Waals surface area contributed by atoms with Gasteiger partial charge in [-0.1, -0.05) is 0 Å². The Morgan fingerprint density at radius 3 is 2.39 bits per heavy atom. The van der Waals surface area contributed by atoms with Crippen molar-refractivity contribution in [1.29, 1.82) is 0 Å². The molecule has 5 aliphatic rings. The Balaban J connectivity index is 1.25. The number of carbonyl (C=O) groups is 3. The van der Waals surface area contributed by atoms with Gasteiger partial charge in [-0.25, -0.2) is 9.78 Å². The largest absolute Gasteiger partial charge is 0.458 e. The molecular formula is C24H33N3O5S. The fraction of sp³-hybridized carbons (Fsp3) is 0.750. The number of hydrogen-bond acceptors (Lipinski definition) is 7. The highest BCUT2D eigenvalue weighted by Crippen LogP contribution is 2.60. The van der Waals surface area contributed by atoms with Crippen molar-refractivity contribution in [3.05, 3.63) is 11.1 Å². The number of ether oxygens (including phenoxy) is 1. The van der Waals surface area contributed by atoms with Gasteiger partial charge in [0.2, 0.25) is 11.8 Å². The summed E-state index contributed by atoms with van der Waals surface area (Å²) in [5.41, 5.74) is 0.220. The number of esters is 1. The van der Waals surface area contributed by atoms with Gasteiger partial charge in [-0.15, -0.1) is 11.3 Å². The first-order chi connectivity index (χ1) is 15.8. The third-order valence-electron chi connectivity index (χ3n) is 8.13. The van der Waals surface area contributed by atoms with Crippen LogP contribution in [0.4, 0.5) is 5.13 Å². The van der Waals surface area contributed by atoms with Crippen LogP contribution < -0.4 is 4.90 Å². The number of thiazole rings is 1. The molecule has 6 rings (SSSR count). The molecule has 8 nitrogen and oxygen atoms in total. The molecule has 180 valence electrons. The van der Waals surface area contributed by atoms with E-state index in [1.165, 1.54) is 37.5 Å². The van der Waals surface area contributed by atoms with Crippen LogP contribution in [0.2, 0.25) is 0 Å². The minimum Gasteiger partial charge on any atom is -0.458 e. The predicted octanol–water partition coefficient (Wildman–Crippen LogP) is 2.74. The third kappa shape index (κ3) is 4.18. The standard InChI is InChI=1S/C24H33N3O5S/c1-3-26(14(2)28)23-25-18(13-33-23)12-32-21(30)20-7-19(29)11-27(20)22(31)24-8-15-4-16(9-24)6-17(5-15)10-24/h13,15-17,19-20,29H,3-12H2,1-2H3/t15?,16?,17?,19?,20-,24?/m0/s1. The lowest BCUT2D eigenvalue weighted by atomic mass is 9.49. The van der Waals surface area contributed by atoms with Gasteiger partial charge in [0.05, 0.1) is 17.2 Å². The van der Waals surface area contributed by atoms with Gasteiger partial charge in [-0.3, -0.25) is 14.5 Å². The molecule has 0 spiro atoms. The maximum absolute atomic E-state index is 13.8. The van der Waals surface area contributed by atoms with Gasteiger partial charge in [-0.2, -0.15) is 0 Å². The molecule has 4 saturated carbocycles. The van der Waals surface area contributed by atoms with Crippen molar-refractivity contribution in [3.8, 4) is 0 Å². The van der Waals surface area contributed by atoms with E-state index >= 15 is 0 Å². The number of nitrogens with zero attached hydrogens (tertiary/aromatic N) is 3. The number of aliphatic hydroxyl groups excluding tert-OH is 1. The molecule has 0 aromatic carbocycles. The van der Waals surface area contributed by atoms with Crippen molar-refractivity contribution < 1.29 is 24.2 Å². The van der Waals surface area contributed by atoms with Gasteiger partial charge in [-0.05, 0) is 63.2 Å². The molecule has 2 heterocycles.